The third-order valence-electron chi connectivity index (χ3n) is 5.84. The predicted molar refractivity (Wildman–Crippen MR) is 81.9 cm³/mol. The van der Waals surface area contributed by atoms with Crippen LogP contribution in [0.1, 0.15) is 46.0 Å². The molecule has 4 nitrogen and oxygen atoms in total. The van der Waals surface area contributed by atoms with Crippen LogP contribution in [0, 0.1) is 0 Å². The molecule has 3 aliphatic rings. The number of likely N-dealkylation sites (N-methyl/N-ethyl adjacent to an activating group) is 1. The minimum absolute atomic E-state index is 0.0132. The lowest BCUT2D eigenvalue weighted by molar-refractivity contribution is 0.0150. The summed E-state index contributed by atoms with van der Waals surface area (Å²) in [6, 6.07) is 1.34. The highest BCUT2D eigenvalue weighted by Crippen LogP contribution is 2.37. The van der Waals surface area contributed by atoms with Crippen molar-refractivity contribution in [3.63, 3.8) is 0 Å². The van der Waals surface area contributed by atoms with Crippen LogP contribution in [0.25, 0.3) is 0 Å². The van der Waals surface area contributed by atoms with Gasteiger partial charge in [-0.15, -0.1) is 0 Å². The Morgan fingerprint density at radius 3 is 2.55 bits per heavy atom. The van der Waals surface area contributed by atoms with Gasteiger partial charge in [0.1, 0.15) is 0 Å². The molecule has 3 fully saturated rings. The van der Waals surface area contributed by atoms with Crippen LogP contribution in [-0.2, 0) is 0 Å². The second-order valence-corrected chi connectivity index (χ2v) is 7.96. The highest BCUT2D eigenvalue weighted by atomic mass is 16.3. The fraction of sp³-hybridized carbons (Fsp3) is 1.00. The largest absolute Gasteiger partial charge is 0.394 e. The molecule has 116 valence electrons. The van der Waals surface area contributed by atoms with Gasteiger partial charge in [-0.1, -0.05) is 0 Å². The molecule has 0 aromatic heterocycles. The van der Waals surface area contributed by atoms with E-state index in [1.165, 1.54) is 25.8 Å². The third kappa shape index (κ3) is 2.89. The summed E-state index contributed by atoms with van der Waals surface area (Å²) in [5.41, 5.74) is 0.284. The van der Waals surface area contributed by atoms with E-state index in [-0.39, 0.29) is 11.1 Å². The molecule has 1 heterocycles. The van der Waals surface area contributed by atoms with Crippen molar-refractivity contribution in [2.45, 2.75) is 69.1 Å². The van der Waals surface area contributed by atoms with Crippen molar-refractivity contribution in [2.24, 2.45) is 0 Å². The monoisotopic (exact) mass is 281 g/mol. The Morgan fingerprint density at radius 1 is 1.20 bits per heavy atom. The van der Waals surface area contributed by atoms with Crippen LogP contribution in [0.15, 0.2) is 0 Å². The summed E-state index contributed by atoms with van der Waals surface area (Å²) in [6.45, 7) is 8.48. The van der Waals surface area contributed by atoms with E-state index in [0.717, 1.165) is 25.9 Å². The van der Waals surface area contributed by atoms with Gasteiger partial charge in [0.05, 0.1) is 6.61 Å². The van der Waals surface area contributed by atoms with E-state index in [4.69, 9.17) is 0 Å². The molecule has 1 aliphatic heterocycles. The molecule has 4 heteroatoms. The van der Waals surface area contributed by atoms with Crippen molar-refractivity contribution in [1.82, 2.24) is 15.1 Å². The summed E-state index contributed by atoms with van der Waals surface area (Å²) in [4.78, 5) is 5.15. The molecule has 0 amide bonds. The van der Waals surface area contributed by atoms with Crippen molar-refractivity contribution in [1.29, 1.82) is 0 Å². The number of nitrogens with zero attached hydrogens (tertiary/aromatic N) is 2. The molecule has 2 atom stereocenters. The van der Waals surface area contributed by atoms with Crippen LogP contribution in [0.2, 0.25) is 0 Å². The average Bonchev–Trinajstić information content (AvgIpc) is 3.10. The summed E-state index contributed by atoms with van der Waals surface area (Å²) >= 11 is 0. The molecule has 0 aromatic carbocycles. The molecule has 20 heavy (non-hydrogen) atoms. The van der Waals surface area contributed by atoms with Crippen LogP contribution >= 0.6 is 0 Å². The van der Waals surface area contributed by atoms with Crippen molar-refractivity contribution in [3.8, 4) is 0 Å². The SMILES string of the molecule is CN1CCN(C2CCC(CO)(NC3CC3)C2)CC1(C)C. The van der Waals surface area contributed by atoms with E-state index in [9.17, 15) is 5.11 Å². The average molecular weight is 281 g/mol. The van der Waals surface area contributed by atoms with Crippen molar-refractivity contribution >= 4 is 0 Å². The minimum atomic E-state index is 0.0132. The maximum absolute atomic E-state index is 9.86. The van der Waals surface area contributed by atoms with Crippen LogP contribution in [0.5, 0.6) is 0 Å². The van der Waals surface area contributed by atoms with E-state index in [1.807, 2.05) is 0 Å². The van der Waals surface area contributed by atoms with E-state index in [1.54, 1.807) is 0 Å². The second-order valence-electron chi connectivity index (χ2n) is 7.96. The molecular weight excluding hydrogens is 250 g/mol. The molecule has 0 radical (unpaired) electrons. The minimum Gasteiger partial charge on any atom is -0.394 e. The quantitative estimate of drug-likeness (QED) is 0.808. The van der Waals surface area contributed by atoms with Crippen molar-refractivity contribution in [3.05, 3.63) is 0 Å². The predicted octanol–water partition coefficient (Wildman–Crippen LogP) is 1.05. The highest BCUT2D eigenvalue weighted by molar-refractivity contribution is 5.04. The Hall–Kier alpha value is -0.160. The van der Waals surface area contributed by atoms with Crippen LogP contribution < -0.4 is 5.32 Å². The molecule has 0 bridgehead atoms. The van der Waals surface area contributed by atoms with Gasteiger partial charge < -0.3 is 10.4 Å². The molecule has 1 saturated heterocycles. The Bertz CT molecular complexity index is 356. The number of hydrogen-bond donors (Lipinski definition) is 2. The number of aliphatic hydroxyl groups excluding tert-OH is 1. The summed E-state index contributed by atoms with van der Waals surface area (Å²) < 4.78 is 0. The second kappa shape index (κ2) is 5.24. The molecule has 0 aromatic rings. The zero-order valence-corrected chi connectivity index (χ0v) is 13.4. The lowest BCUT2D eigenvalue weighted by atomic mass is 9.95. The maximum atomic E-state index is 9.86. The van der Waals surface area contributed by atoms with Gasteiger partial charge >= 0.3 is 0 Å². The normalized spacial score (nSPS) is 39.3. The fourth-order valence-corrected chi connectivity index (χ4v) is 3.98. The Morgan fingerprint density at radius 2 is 1.95 bits per heavy atom. The van der Waals surface area contributed by atoms with Crippen molar-refractivity contribution in [2.75, 3.05) is 33.3 Å². The molecule has 3 rings (SSSR count). The first kappa shape index (κ1) is 14.8. The first-order chi connectivity index (χ1) is 9.44. The molecule has 2 aliphatic carbocycles. The lowest BCUT2D eigenvalue weighted by Crippen LogP contribution is -2.60. The zero-order chi connectivity index (χ0) is 14.4. The number of aliphatic hydroxyl groups is 1. The molecule has 2 unspecified atom stereocenters. The molecule has 2 N–H and O–H groups in total. The lowest BCUT2D eigenvalue weighted by Gasteiger charge is -2.47. The van der Waals surface area contributed by atoms with Gasteiger partial charge in [0.15, 0.2) is 0 Å². The number of nitrogens with one attached hydrogen (secondary N) is 1. The van der Waals surface area contributed by atoms with Gasteiger partial charge in [0.2, 0.25) is 0 Å². The van der Waals surface area contributed by atoms with E-state index in [0.29, 0.717) is 18.7 Å². The van der Waals surface area contributed by atoms with Gasteiger partial charge in [-0.25, -0.2) is 0 Å². The number of rotatable bonds is 4. The van der Waals surface area contributed by atoms with Crippen LogP contribution in [0.4, 0.5) is 0 Å². The van der Waals surface area contributed by atoms with Gasteiger partial charge in [0, 0.05) is 42.8 Å². The molecule has 0 spiro atoms. The maximum Gasteiger partial charge on any atom is 0.0614 e. The molecule has 2 saturated carbocycles. The smallest absolute Gasteiger partial charge is 0.0614 e. The van der Waals surface area contributed by atoms with E-state index >= 15 is 0 Å². The summed E-state index contributed by atoms with van der Waals surface area (Å²) in [6.07, 6.45) is 6.10. The fourth-order valence-electron chi connectivity index (χ4n) is 3.98. The summed E-state index contributed by atoms with van der Waals surface area (Å²) in [7, 11) is 2.23. The Labute approximate surface area is 123 Å². The third-order valence-corrected chi connectivity index (χ3v) is 5.84. The summed E-state index contributed by atoms with van der Waals surface area (Å²) in [5.74, 6) is 0. The topological polar surface area (TPSA) is 38.7 Å². The van der Waals surface area contributed by atoms with Gasteiger partial charge in [-0.05, 0) is 53.0 Å². The van der Waals surface area contributed by atoms with Crippen molar-refractivity contribution < 1.29 is 5.11 Å². The zero-order valence-electron chi connectivity index (χ0n) is 13.4. The highest BCUT2D eigenvalue weighted by Gasteiger charge is 2.45. The first-order valence-electron chi connectivity index (χ1n) is 8.28. The number of hydrogen-bond acceptors (Lipinski definition) is 4. The molecular formula is C16H31N3O. The Balaban J connectivity index is 1.61. The van der Waals surface area contributed by atoms with Gasteiger partial charge in [-0.2, -0.15) is 0 Å². The van der Waals surface area contributed by atoms with Crippen LogP contribution in [0.3, 0.4) is 0 Å². The van der Waals surface area contributed by atoms with Gasteiger partial charge in [0.25, 0.3) is 0 Å². The van der Waals surface area contributed by atoms with E-state index < -0.39 is 0 Å². The van der Waals surface area contributed by atoms with Gasteiger partial charge in [-0.3, -0.25) is 9.80 Å². The number of piperazine rings is 1. The first-order valence-corrected chi connectivity index (χ1v) is 8.28. The van der Waals surface area contributed by atoms with E-state index in [2.05, 4.69) is 36.0 Å². The summed E-state index contributed by atoms with van der Waals surface area (Å²) in [5, 5.41) is 13.6. The Kier molecular flexibility index (Phi) is 3.87. The standard InChI is InChI=1S/C16H31N3O/c1-15(2)11-19(9-8-18(15)3)14-6-7-16(10-14,12-20)17-13-4-5-13/h13-14,17,20H,4-12H2,1-3H3. The van der Waals surface area contributed by atoms with Crippen LogP contribution in [-0.4, -0.2) is 71.4 Å².